The number of nitrogens with zero attached hydrogens (tertiary/aromatic N) is 1. The summed E-state index contributed by atoms with van der Waals surface area (Å²) in [5.74, 6) is 0. The van der Waals surface area contributed by atoms with Crippen LogP contribution in [0.4, 0.5) is 0 Å². The summed E-state index contributed by atoms with van der Waals surface area (Å²) in [6.45, 7) is 0. The topological polar surface area (TPSA) is 36.7 Å². The Hall–Kier alpha value is -1.96. The number of nitrogens with one attached hydrogen (secondary N) is 1. The molecule has 0 fully saturated rings. The van der Waals surface area contributed by atoms with Crippen LogP contribution in [0.2, 0.25) is 0 Å². The SMILES string of the molecule is N=c1nccccc1CCc1ccccc1.[H+]. The van der Waals surface area contributed by atoms with Crippen molar-refractivity contribution < 1.29 is 1.43 Å². The molecule has 0 atom stereocenters. The third-order valence-corrected chi connectivity index (χ3v) is 2.53. The van der Waals surface area contributed by atoms with Gasteiger partial charge >= 0.3 is 1.43 Å². The molecule has 1 N–H and O–H groups in total. The van der Waals surface area contributed by atoms with Gasteiger partial charge in [-0.2, -0.15) is 0 Å². The molecule has 2 heteroatoms. The molecule has 0 aliphatic carbocycles. The molecule has 0 bridgehead atoms. The summed E-state index contributed by atoms with van der Waals surface area (Å²) in [6.07, 6.45) is 3.48. The summed E-state index contributed by atoms with van der Waals surface area (Å²) in [5, 5.41) is 7.75. The van der Waals surface area contributed by atoms with Crippen molar-refractivity contribution in [1.82, 2.24) is 4.98 Å². The Kier molecular flexibility index (Phi) is 3.44. The molecule has 16 heavy (non-hydrogen) atoms. The van der Waals surface area contributed by atoms with Gasteiger partial charge < -0.3 is 0 Å². The zero-order valence-corrected chi connectivity index (χ0v) is 9.06. The molecular formula is C14H15N2+. The number of benzene rings is 1. The first-order valence-corrected chi connectivity index (χ1v) is 5.39. The predicted octanol–water partition coefficient (Wildman–Crippen LogP) is 2.46. The molecule has 0 spiro atoms. The molecule has 80 valence electrons. The molecule has 1 aromatic heterocycles. The molecule has 0 radical (unpaired) electrons. The smallest absolute Gasteiger partial charge is 0.283 e. The second-order valence-corrected chi connectivity index (χ2v) is 3.69. The summed E-state index contributed by atoms with van der Waals surface area (Å²) in [4.78, 5) is 4.02. The third-order valence-electron chi connectivity index (χ3n) is 2.53. The minimum atomic E-state index is 0. The maximum absolute atomic E-state index is 7.75. The predicted molar refractivity (Wildman–Crippen MR) is 65.1 cm³/mol. The van der Waals surface area contributed by atoms with E-state index in [0.29, 0.717) is 5.49 Å². The fourth-order valence-corrected chi connectivity index (χ4v) is 1.63. The van der Waals surface area contributed by atoms with Crippen LogP contribution in [0.15, 0.2) is 54.7 Å². The van der Waals surface area contributed by atoms with Crippen LogP contribution in [0.3, 0.4) is 0 Å². The summed E-state index contributed by atoms with van der Waals surface area (Å²) in [5.41, 5.74) is 2.67. The average molecular weight is 211 g/mol. The minimum Gasteiger partial charge on any atom is -0.283 e. The Labute approximate surface area is 96.6 Å². The van der Waals surface area contributed by atoms with E-state index in [9.17, 15) is 0 Å². The fourth-order valence-electron chi connectivity index (χ4n) is 1.63. The highest BCUT2D eigenvalue weighted by atomic mass is 14.7. The first-order valence-electron chi connectivity index (χ1n) is 5.39. The first-order chi connectivity index (χ1) is 7.86. The Morgan fingerprint density at radius 3 is 2.50 bits per heavy atom. The molecule has 2 aromatic rings. The van der Waals surface area contributed by atoms with Gasteiger partial charge in [-0.15, -0.1) is 0 Å². The lowest BCUT2D eigenvalue weighted by molar-refractivity contribution is 0.917. The van der Waals surface area contributed by atoms with Gasteiger partial charge in [-0.05, 0) is 30.0 Å². The van der Waals surface area contributed by atoms with E-state index in [4.69, 9.17) is 5.41 Å². The molecule has 0 saturated heterocycles. The van der Waals surface area contributed by atoms with E-state index in [-0.39, 0.29) is 1.43 Å². The largest absolute Gasteiger partial charge is 1.00 e. The maximum atomic E-state index is 7.75. The standard InChI is InChI=1S/C14H14N2/c15-14-13(8-4-5-11-16-14)10-9-12-6-2-1-3-7-12/h1-8,11,15H,9-10H2/p+1. The Bertz CT molecular complexity index is 512. The van der Waals surface area contributed by atoms with Crippen molar-refractivity contribution in [2.24, 2.45) is 0 Å². The van der Waals surface area contributed by atoms with E-state index in [1.54, 1.807) is 6.20 Å². The number of hydrogen-bond acceptors (Lipinski definition) is 2. The lowest BCUT2D eigenvalue weighted by Crippen LogP contribution is -2.09. The zero-order valence-electron chi connectivity index (χ0n) is 10.1. The van der Waals surface area contributed by atoms with Crippen molar-refractivity contribution in [2.75, 3.05) is 0 Å². The number of aromatic nitrogens is 1. The molecule has 1 aromatic carbocycles. The number of hydrogen-bond donors (Lipinski definition) is 1. The summed E-state index contributed by atoms with van der Waals surface area (Å²) < 4.78 is 0. The Morgan fingerprint density at radius 1 is 0.938 bits per heavy atom. The monoisotopic (exact) mass is 211 g/mol. The molecule has 2 nitrogen and oxygen atoms in total. The highest BCUT2D eigenvalue weighted by molar-refractivity contribution is 5.17. The zero-order chi connectivity index (χ0) is 11.2. The molecule has 0 amide bonds. The number of aryl methyl sites for hydroxylation is 2. The van der Waals surface area contributed by atoms with Crippen LogP contribution < -0.4 is 5.49 Å². The first kappa shape index (κ1) is 10.6. The quantitative estimate of drug-likeness (QED) is 0.831. The van der Waals surface area contributed by atoms with E-state index in [2.05, 4.69) is 17.1 Å². The highest BCUT2D eigenvalue weighted by Gasteiger charge is 1.96. The van der Waals surface area contributed by atoms with Crippen LogP contribution in [-0.2, 0) is 12.8 Å². The van der Waals surface area contributed by atoms with Gasteiger partial charge in [0, 0.05) is 6.20 Å². The molecule has 1 heterocycles. The molecular weight excluding hydrogens is 196 g/mol. The van der Waals surface area contributed by atoms with E-state index in [0.717, 1.165) is 18.4 Å². The molecule has 0 aliphatic rings. The molecule has 0 saturated carbocycles. The van der Waals surface area contributed by atoms with E-state index in [1.165, 1.54) is 5.56 Å². The van der Waals surface area contributed by atoms with Gasteiger partial charge in [0.2, 0.25) is 0 Å². The second kappa shape index (κ2) is 5.21. The number of rotatable bonds is 3. The van der Waals surface area contributed by atoms with Crippen molar-refractivity contribution in [3.05, 3.63) is 71.3 Å². The summed E-state index contributed by atoms with van der Waals surface area (Å²) in [6, 6.07) is 16.1. The van der Waals surface area contributed by atoms with Crippen molar-refractivity contribution >= 4 is 0 Å². The van der Waals surface area contributed by atoms with Crippen molar-refractivity contribution in [2.45, 2.75) is 12.8 Å². The normalized spacial score (nSPS) is 10.0. The van der Waals surface area contributed by atoms with E-state index in [1.807, 2.05) is 36.4 Å². The van der Waals surface area contributed by atoms with Gasteiger partial charge in [0.1, 0.15) is 5.49 Å². The van der Waals surface area contributed by atoms with E-state index < -0.39 is 0 Å². The van der Waals surface area contributed by atoms with Gasteiger partial charge in [0.15, 0.2) is 0 Å². The van der Waals surface area contributed by atoms with Crippen LogP contribution in [0.25, 0.3) is 0 Å². The molecule has 0 unspecified atom stereocenters. The highest BCUT2D eigenvalue weighted by Crippen LogP contribution is 2.03. The minimum absolute atomic E-state index is 0. The van der Waals surface area contributed by atoms with Crippen LogP contribution in [0, 0.1) is 5.41 Å². The Balaban J connectivity index is 0.00000144. The van der Waals surface area contributed by atoms with Crippen molar-refractivity contribution in [1.29, 1.82) is 5.41 Å². The van der Waals surface area contributed by atoms with Crippen LogP contribution >= 0.6 is 0 Å². The molecule has 0 aliphatic heterocycles. The van der Waals surface area contributed by atoms with Gasteiger partial charge in [0.25, 0.3) is 0 Å². The van der Waals surface area contributed by atoms with Crippen molar-refractivity contribution in [3.63, 3.8) is 0 Å². The lowest BCUT2D eigenvalue weighted by Gasteiger charge is -1.99. The maximum Gasteiger partial charge on any atom is 1.00 e. The van der Waals surface area contributed by atoms with Gasteiger partial charge in [-0.1, -0.05) is 42.5 Å². The van der Waals surface area contributed by atoms with Gasteiger partial charge in [-0.25, -0.2) is 4.98 Å². The molecule has 2 rings (SSSR count). The fraction of sp³-hybridized carbons (Fsp3) is 0.143. The van der Waals surface area contributed by atoms with Gasteiger partial charge in [0.05, 0.1) is 0 Å². The summed E-state index contributed by atoms with van der Waals surface area (Å²) >= 11 is 0. The van der Waals surface area contributed by atoms with Crippen molar-refractivity contribution in [3.8, 4) is 0 Å². The lowest BCUT2D eigenvalue weighted by atomic mass is 10.1. The summed E-state index contributed by atoms with van der Waals surface area (Å²) in [7, 11) is 0. The third kappa shape index (κ3) is 2.76. The Morgan fingerprint density at radius 2 is 1.69 bits per heavy atom. The van der Waals surface area contributed by atoms with Gasteiger partial charge in [-0.3, -0.25) is 5.41 Å². The van der Waals surface area contributed by atoms with E-state index >= 15 is 0 Å². The van der Waals surface area contributed by atoms with Crippen LogP contribution in [0.5, 0.6) is 0 Å². The second-order valence-electron chi connectivity index (χ2n) is 3.69. The van der Waals surface area contributed by atoms with Crippen LogP contribution in [-0.4, -0.2) is 4.98 Å². The average Bonchev–Trinajstić information content (AvgIpc) is 2.53. The van der Waals surface area contributed by atoms with Crippen LogP contribution in [0.1, 0.15) is 12.6 Å².